The van der Waals surface area contributed by atoms with E-state index in [2.05, 4.69) is 12.2 Å². The second-order valence-corrected chi connectivity index (χ2v) is 4.94. The third kappa shape index (κ3) is 5.19. The van der Waals surface area contributed by atoms with E-state index in [4.69, 9.17) is 10.8 Å². The van der Waals surface area contributed by atoms with E-state index in [1.165, 1.54) is 0 Å². The van der Waals surface area contributed by atoms with Gasteiger partial charge in [-0.3, -0.25) is 9.69 Å². The predicted octanol–water partition coefficient (Wildman–Crippen LogP) is 1.61. The lowest BCUT2D eigenvalue weighted by Gasteiger charge is -2.21. The number of carbonyl (C=O) groups is 1. The molecule has 20 heavy (non-hydrogen) atoms. The van der Waals surface area contributed by atoms with Crippen molar-refractivity contribution in [2.45, 2.75) is 26.7 Å². The molecular weight excluding hydrogens is 254 g/mol. The van der Waals surface area contributed by atoms with Crippen molar-refractivity contribution in [1.29, 1.82) is 0 Å². The van der Waals surface area contributed by atoms with E-state index in [0.717, 1.165) is 24.9 Å². The van der Waals surface area contributed by atoms with Crippen LogP contribution in [0.25, 0.3) is 0 Å². The molecular formula is C15H25N3O2. The molecule has 0 heterocycles. The van der Waals surface area contributed by atoms with E-state index in [1.807, 2.05) is 24.0 Å². The molecule has 0 aliphatic rings. The Morgan fingerprint density at radius 2 is 2.15 bits per heavy atom. The molecule has 0 bridgehead atoms. The van der Waals surface area contributed by atoms with Crippen molar-refractivity contribution in [3.8, 4) is 0 Å². The molecule has 4 N–H and O–H groups in total. The minimum absolute atomic E-state index is 0.0590. The van der Waals surface area contributed by atoms with Crippen LogP contribution in [0.3, 0.4) is 0 Å². The van der Waals surface area contributed by atoms with E-state index in [0.29, 0.717) is 17.9 Å². The molecule has 1 aromatic carbocycles. The number of nitrogens with two attached hydrogens (primary N) is 1. The number of nitrogen functional groups attached to an aromatic ring is 1. The quantitative estimate of drug-likeness (QED) is 0.632. The summed E-state index contributed by atoms with van der Waals surface area (Å²) >= 11 is 0. The molecule has 0 spiro atoms. The van der Waals surface area contributed by atoms with Crippen molar-refractivity contribution >= 4 is 17.3 Å². The highest BCUT2D eigenvalue weighted by molar-refractivity contribution is 5.96. The molecule has 5 heteroatoms. The Morgan fingerprint density at radius 1 is 1.40 bits per heavy atom. The lowest BCUT2D eigenvalue weighted by molar-refractivity contribution is -0.117. The van der Waals surface area contributed by atoms with Gasteiger partial charge in [-0.25, -0.2) is 0 Å². The summed E-state index contributed by atoms with van der Waals surface area (Å²) in [4.78, 5) is 14.0. The molecule has 0 aliphatic heterocycles. The fourth-order valence-electron chi connectivity index (χ4n) is 2.04. The third-order valence-electron chi connectivity index (χ3n) is 3.18. The summed E-state index contributed by atoms with van der Waals surface area (Å²) in [5.74, 6) is -0.101. The maximum atomic E-state index is 12.1. The van der Waals surface area contributed by atoms with Gasteiger partial charge in [0.25, 0.3) is 0 Å². The summed E-state index contributed by atoms with van der Waals surface area (Å²) in [5, 5.41) is 11.9. The zero-order valence-corrected chi connectivity index (χ0v) is 12.4. The molecule has 0 atom stereocenters. The fraction of sp³-hybridized carbons (Fsp3) is 0.533. The van der Waals surface area contributed by atoms with Gasteiger partial charge in [0.2, 0.25) is 5.91 Å². The van der Waals surface area contributed by atoms with E-state index >= 15 is 0 Å². The average Bonchev–Trinajstić information content (AvgIpc) is 2.40. The van der Waals surface area contributed by atoms with Gasteiger partial charge in [-0.05, 0) is 31.5 Å². The second-order valence-electron chi connectivity index (χ2n) is 4.94. The number of aryl methyl sites for hydroxylation is 1. The van der Waals surface area contributed by atoms with Crippen LogP contribution in [0.2, 0.25) is 0 Å². The topological polar surface area (TPSA) is 78.6 Å². The number of para-hydroxylation sites is 1. The molecule has 0 fully saturated rings. The van der Waals surface area contributed by atoms with Gasteiger partial charge in [0.1, 0.15) is 0 Å². The normalized spacial score (nSPS) is 10.8. The second kappa shape index (κ2) is 8.55. The van der Waals surface area contributed by atoms with Crippen LogP contribution < -0.4 is 11.1 Å². The van der Waals surface area contributed by atoms with Crippen LogP contribution in [-0.4, -0.2) is 42.2 Å². The highest BCUT2D eigenvalue weighted by Gasteiger charge is 2.12. The van der Waals surface area contributed by atoms with E-state index in [-0.39, 0.29) is 19.1 Å². The Labute approximate surface area is 120 Å². The molecule has 112 valence electrons. The van der Waals surface area contributed by atoms with Gasteiger partial charge >= 0.3 is 0 Å². The molecule has 1 aromatic rings. The van der Waals surface area contributed by atoms with E-state index < -0.39 is 0 Å². The maximum absolute atomic E-state index is 12.1. The number of unbranched alkanes of at least 4 members (excludes halogenated alkanes) is 1. The first-order valence-corrected chi connectivity index (χ1v) is 7.06. The number of hydrogen-bond acceptors (Lipinski definition) is 4. The molecule has 1 rings (SSSR count). The molecule has 1 amide bonds. The van der Waals surface area contributed by atoms with Crippen molar-refractivity contribution in [1.82, 2.24) is 4.90 Å². The van der Waals surface area contributed by atoms with E-state index in [9.17, 15) is 4.79 Å². The average molecular weight is 279 g/mol. The Bertz CT molecular complexity index is 415. The van der Waals surface area contributed by atoms with Crippen molar-refractivity contribution in [2.24, 2.45) is 0 Å². The summed E-state index contributed by atoms with van der Waals surface area (Å²) in [6, 6.07) is 5.54. The number of aliphatic hydroxyl groups is 1. The molecule has 5 nitrogen and oxygen atoms in total. The van der Waals surface area contributed by atoms with Gasteiger partial charge in [-0.2, -0.15) is 0 Å². The summed E-state index contributed by atoms with van der Waals surface area (Å²) in [6.07, 6.45) is 2.08. The zero-order valence-electron chi connectivity index (χ0n) is 12.4. The van der Waals surface area contributed by atoms with Crippen LogP contribution in [0.1, 0.15) is 25.3 Å². The summed E-state index contributed by atoms with van der Waals surface area (Å²) in [7, 11) is 0. The summed E-state index contributed by atoms with van der Waals surface area (Å²) in [6.45, 7) is 5.67. The van der Waals surface area contributed by atoms with Crippen molar-refractivity contribution in [3.63, 3.8) is 0 Å². The highest BCUT2D eigenvalue weighted by Crippen LogP contribution is 2.22. The Hall–Kier alpha value is -1.59. The first-order chi connectivity index (χ1) is 9.58. The first kappa shape index (κ1) is 16.5. The molecule has 0 aromatic heterocycles. The maximum Gasteiger partial charge on any atom is 0.238 e. The molecule has 0 unspecified atom stereocenters. The molecule has 0 radical (unpaired) electrons. The molecule has 0 saturated carbocycles. The Kier molecular flexibility index (Phi) is 7.04. The first-order valence-electron chi connectivity index (χ1n) is 7.06. The Balaban J connectivity index is 2.61. The van der Waals surface area contributed by atoms with Crippen LogP contribution in [0.5, 0.6) is 0 Å². The molecule has 0 saturated heterocycles. The summed E-state index contributed by atoms with van der Waals surface area (Å²) < 4.78 is 0. The van der Waals surface area contributed by atoms with Crippen LogP contribution in [-0.2, 0) is 4.79 Å². The number of rotatable bonds is 8. The van der Waals surface area contributed by atoms with Crippen LogP contribution >= 0.6 is 0 Å². The zero-order chi connectivity index (χ0) is 15.0. The number of amides is 1. The molecule has 0 aliphatic carbocycles. The van der Waals surface area contributed by atoms with Gasteiger partial charge in [0.15, 0.2) is 0 Å². The van der Waals surface area contributed by atoms with Gasteiger partial charge < -0.3 is 16.2 Å². The monoisotopic (exact) mass is 279 g/mol. The minimum Gasteiger partial charge on any atom is -0.397 e. The van der Waals surface area contributed by atoms with Gasteiger partial charge in [-0.1, -0.05) is 25.5 Å². The smallest absolute Gasteiger partial charge is 0.238 e. The fourth-order valence-corrected chi connectivity index (χ4v) is 2.04. The predicted molar refractivity (Wildman–Crippen MR) is 82.7 cm³/mol. The number of benzene rings is 1. The lowest BCUT2D eigenvalue weighted by atomic mass is 10.1. The number of carbonyl (C=O) groups excluding carboxylic acids is 1. The van der Waals surface area contributed by atoms with Crippen LogP contribution in [0.4, 0.5) is 11.4 Å². The lowest BCUT2D eigenvalue weighted by Crippen LogP contribution is -2.36. The largest absolute Gasteiger partial charge is 0.397 e. The Morgan fingerprint density at radius 3 is 2.75 bits per heavy atom. The number of anilines is 2. The number of hydrogen-bond donors (Lipinski definition) is 3. The van der Waals surface area contributed by atoms with Crippen LogP contribution in [0.15, 0.2) is 18.2 Å². The number of aliphatic hydroxyl groups excluding tert-OH is 1. The SMILES string of the molecule is CCCCN(CCO)CC(=O)Nc1c(C)cccc1N. The van der Waals surface area contributed by atoms with Crippen molar-refractivity contribution in [2.75, 3.05) is 37.3 Å². The third-order valence-corrected chi connectivity index (χ3v) is 3.18. The number of nitrogens with zero attached hydrogens (tertiary/aromatic N) is 1. The van der Waals surface area contributed by atoms with Gasteiger partial charge in [-0.15, -0.1) is 0 Å². The van der Waals surface area contributed by atoms with Gasteiger partial charge in [0.05, 0.1) is 24.5 Å². The van der Waals surface area contributed by atoms with Crippen LogP contribution in [0, 0.1) is 6.92 Å². The van der Waals surface area contributed by atoms with Gasteiger partial charge in [0, 0.05) is 6.54 Å². The van der Waals surface area contributed by atoms with E-state index in [1.54, 1.807) is 6.07 Å². The standard InChI is InChI=1S/C15H25N3O2/c1-3-4-8-18(9-10-19)11-14(20)17-15-12(2)6-5-7-13(15)16/h5-7,19H,3-4,8-11,16H2,1-2H3,(H,17,20). The highest BCUT2D eigenvalue weighted by atomic mass is 16.3. The van der Waals surface area contributed by atoms with Crippen molar-refractivity contribution in [3.05, 3.63) is 23.8 Å². The van der Waals surface area contributed by atoms with Crippen molar-refractivity contribution < 1.29 is 9.90 Å². The number of nitrogens with one attached hydrogen (secondary N) is 1. The minimum atomic E-state index is -0.101. The summed E-state index contributed by atoms with van der Waals surface area (Å²) in [5.41, 5.74) is 8.06.